The minimum Gasteiger partial charge on any atom is -0.397 e. The van der Waals surface area contributed by atoms with E-state index < -0.39 is 0 Å². The number of nitrogens with one attached hydrogen (secondary N) is 2. The van der Waals surface area contributed by atoms with E-state index in [1.807, 2.05) is 0 Å². The Kier molecular flexibility index (Phi) is 8.79. The number of anilines is 3. The summed E-state index contributed by atoms with van der Waals surface area (Å²) in [6.07, 6.45) is 2.36. The monoisotopic (exact) mass is 563 g/mol. The van der Waals surface area contributed by atoms with E-state index >= 15 is 0 Å². The number of thiazole rings is 1. The average Bonchev–Trinajstić information content (AvgIpc) is 3.36. The third kappa shape index (κ3) is 7.08. The van der Waals surface area contributed by atoms with Crippen LogP contribution in [0.15, 0.2) is 60.8 Å². The largest absolute Gasteiger partial charge is 0.397 e. The standard InChI is InChI=1S/C28H30FN7O3S/c29-20-7-9-23-25(16-20)40-27(33-23)34-28(38)36(11-3-10-35-12-14-39-15-13-35)18-19-6-8-24(31-17-19)26(37)32-22-5-2-1-4-21(22)30/h1-2,4-9,16-17H,3,10-15,18,30H2,(H,32,37)(H,33,34,38). The number of hydrogen-bond acceptors (Lipinski definition) is 8. The lowest BCUT2D eigenvalue weighted by Crippen LogP contribution is -2.40. The van der Waals surface area contributed by atoms with Gasteiger partial charge in [0.25, 0.3) is 5.91 Å². The second kappa shape index (κ2) is 12.8. The maximum atomic E-state index is 13.6. The van der Waals surface area contributed by atoms with E-state index in [2.05, 4.69) is 25.5 Å². The first-order valence-electron chi connectivity index (χ1n) is 13.0. The number of para-hydroxylation sites is 2. The van der Waals surface area contributed by atoms with Crippen LogP contribution >= 0.6 is 11.3 Å². The number of morpholine rings is 1. The molecule has 0 unspecified atom stereocenters. The van der Waals surface area contributed by atoms with Gasteiger partial charge < -0.3 is 20.7 Å². The van der Waals surface area contributed by atoms with Crippen molar-refractivity contribution in [2.45, 2.75) is 13.0 Å². The fourth-order valence-corrected chi connectivity index (χ4v) is 5.24. The normalized spacial score (nSPS) is 13.7. The van der Waals surface area contributed by atoms with Crippen LogP contribution in [0.25, 0.3) is 10.2 Å². The molecule has 0 radical (unpaired) electrons. The molecule has 40 heavy (non-hydrogen) atoms. The summed E-state index contributed by atoms with van der Waals surface area (Å²) < 4.78 is 19.7. The Bertz CT molecular complexity index is 1470. The van der Waals surface area contributed by atoms with Crippen LogP contribution in [-0.4, -0.2) is 71.1 Å². The molecule has 12 heteroatoms. The number of ether oxygens (including phenoxy) is 1. The molecule has 1 saturated heterocycles. The van der Waals surface area contributed by atoms with E-state index in [4.69, 9.17) is 10.5 Å². The minimum absolute atomic E-state index is 0.233. The molecule has 4 N–H and O–H groups in total. The molecule has 208 valence electrons. The van der Waals surface area contributed by atoms with Gasteiger partial charge in [0.05, 0.1) is 34.8 Å². The predicted molar refractivity (Wildman–Crippen MR) is 154 cm³/mol. The van der Waals surface area contributed by atoms with E-state index in [1.165, 1.54) is 23.5 Å². The molecule has 0 spiro atoms. The van der Waals surface area contributed by atoms with Gasteiger partial charge in [0.1, 0.15) is 11.5 Å². The Morgan fingerprint density at radius 2 is 1.93 bits per heavy atom. The number of pyridine rings is 1. The predicted octanol–water partition coefficient (Wildman–Crippen LogP) is 4.42. The van der Waals surface area contributed by atoms with Crippen LogP contribution in [-0.2, 0) is 11.3 Å². The van der Waals surface area contributed by atoms with Gasteiger partial charge in [-0.1, -0.05) is 29.5 Å². The number of urea groups is 1. The number of fused-ring (bicyclic) bond motifs is 1. The van der Waals surface area contributed by atoms with E-state index in [0.29, 0.717) is 46.5 Å². The Labute approximate surface area is 235 Å². The molecule has 4 aromatic rings. The molecule has 2 aromatic heterocycles. The second-order valence-electron chi connectivity index (χ2n) is 9.38. The number of carbonyl (C=O) groups excluding carboxylic acids is 2. The van der Waals surface area contributed by atoms with Gasteiger partial charge >= 0.3 is 6.03 Å². The smallest absolute Gasteiger partial charge is 0.323 e. The van der Waals surface area contributed by atoms with Crippen molar-refractivity contribution in [3.63, 3.8) is 0 Å². The van der Waals surface area contributed by atoms with Crippen molar-refractivity contribution >= 4 is 50.0 Å². The van der Waals surface area contributed by atoms with Crippen LogP contribution in [0, 0.1) is 5.82 Å². The quantitative estimate of drug-likeness (QED) is 0.257. The van der Waals surface area contributed by atoms with Crippen molar-refractivity contribution in [1.82, 2.24) is 19.8 Å². The highest BCUT2D eigenvalue weighted by Crippen LogP contribution is 2.27. The molecular formula is C28H30FN7O3S. The summed E-state index contributed by atoms with van der Waals surface area (Å²) >= 11 is 1.22. The summed E-state index contributed by atoms with van der Waals surface area (Å²) in [5.41, 5.74) is 8.51. The van der Waals surface area contributed by atoms with Crippen LogP contribution < -0.4 is 16.4 Å². The number of carbonyl (C=O) groups is 2. The zero-order valence-corrected chi connectivity index (χ0v) is 22.6. The molecule has 3 heterocycles. The van der Waals surface area contributed by atoms with Gasteiger partial charge in [-0.25, -0.2) is 14.2 Å². The maximum Gasteiger partial charge on any atom is 0.323 e. The number of halogens is 1. The van der Waals surface area contributed by atoms with Crippen LogP contribution in [0.4, 0.5) is 25.7 Å². The Morgan fingerprint density at radius 3 is 2.70 bits per heavy atom. The van der Waals surface area contributed by atoms with Crippen molar-refractivity contribution < 1.29 is 18.7 Å². The highest BCUT2D eigenvalue weighted by molar-refractivity contribution is 7.22. The number of nitrogens with zero attached hydrogens (tertiary/aromatic N) is 4. The number of benzene rings is 2. The Morgan fingerprint density at radius 1 is 1.10 bits per heavy atom. The molecule has 0 atom stereocenters. The molecule has 0 aliphatic carbocycles. The summed E-state index contributed by atoms with van der Waals surface area (Å²) in [7, 11) is 0. The summed E-state index contributed by atoms with van der Waals surface area (Å²) in [6, 6.07) is 14.4. The van der Waals surface area contributed by atoms with Crippen LogP contribution in [0.1, 0.15) is 22.5 Å². The van der Waals surface area contributed by atoms with E-state index in [9.17, 15) is 14.0 Å². The Balaban J connectivity index is 1.25. The van der Waals surface area contributed by atoms with Gasteiger partial charge in [0, 0.05) is 38.9 Å². The first-order chi connectivity index (χ1) is 19.4. The van der Waals surface area contributed by atoms with Gasteiger partial charge in [-0.2, -0.15) is 0 Å². The van der Waals surface area contributed by atoms with Gasteiger partial charge in [-0.15, -0.1) is 0 Å². The van der Waals surface area contributed by atoms with Gasteiger partial charge in [-0.3, -0.25) is 20.0 Å². The molecule has 1 aliphatic rings. The molecule has 0 bridgehead atoms. The van der Waals surface area contributed by atoms with E-state index in [0.717, 1.165) is 31.6 Å². The zero-order chi connectivity index (χ0) is 27.9. The fraction of sp³-hybridized carbons (Fsp3) is 0.286. The van der Waals surface area contributed by atoms with E-state index in [1.54, 1.807) is 53.6 Å². The van der Waals surface area contributed by atoms with Gasteiger partial charge in [-0.05, 0) is 48.4 Å². The zero-order valence-electron chi connectivity index (χ0n) is 21.8. The minimum atomic E-state index is -0.378. The van der Waals surface area contributed by atoms with Crippen molar-refractivity contribution in [2.75, 3.05) is 55.8 Å². The van der Waals surface area contributed by atoms with E-state index in [-0.39, 0.29) is 30.0 Å². The van der Waals surface area contributed by atoms with Crippen LogP contribution in [0.2, 0.25) is 0 Å². The molecule has 3 amide bonds. The SMILES string of the molecule is Nc1ccccc1NC(=O)c1ccc(CN(CCCN2CCOCC2)C(=O)Nc2nc3ccc(F)cc3s2)cn1. The lowest BCUT2D eigenvalue weighted by molar-refractivity contribution is 0.0365. The van der Waals surface area contributed by atoms with Crippen molar-refractivity contribution in [1.29, 1.82) is 0 Å². The number of hydrogen-bond donors (Lipinski definition) is 3. The molecule has 1 aliphatic heterocycles. The number of rotatable bonds is 9. The molecular weight excluding hydrogens is 533 g/mol. The number of aromatic nitrogens is 2. The van der Waals surface area contributed by atoms with Crippen molar-refractivity contribution in [3.8, 4) is 0 Å². The van der Waals surface area contributed by atoms with Crippen molar-refractivity contribution in [3.05, 3.63) is 77.9 Å². The molecule has 10 nitrogen and oxygen atoms in total. The average molecular weight is 564 g/mol. The summed E-state index contributed by atoms with van der Waals surface area (Å²) in [4.78, 5) is 38.7. The number of amides is 3. The number of nitrogens with two attached hydrogens (primary N) is 1. The lowest BCUT2D eigenvalue weighted by atomic mass is 10.2. The van der Waals surface area contributed by atoms with Gasteiger partial charge in [0.2, 0.25) is 0 Å². The van der Waals surface area contributed by atoms with Crippen molar-refractivity contribution in [2.24, 2.45) is 0 Å². The molecule has 1 fully saturated rings. The first-order valence-corrected chi connectivity index (χ1v) is 13.8. The van der Waals surface area contributed by atoms with Crippen LogP contribution in [0.3, 0.4) is 0 Å². The third-order valence-electron chi connectivity index (χ3n) is 6.50. The highest BCUT2D eigenvalue weighted by atomic mass is 32.1. The Hall–Kier alpha value is -4.13. The lowest BCUT2D eigenvalue weighted by Gasteiger charge is -2.28. The molecule has 2 aromatic carbocycles. The third-order valence-corrected chi connectivity index (χ3v) is 7.43. The second-order valence-corrected chi connectivity index (χ2v) is 10.4. The molecule has 5 rings (SSSR count). The summed E-state index contributed by atoms with van der Waals surface area (Å²) in [5.74, 6) is -0.729. The van der Waals surface area contributed by atoms with Gasteiger partial charge in [0.15, 0.2) is 5.13 Å². The maximum absolute atomic E-state index is 13.6. The topological polar surface area (TPSA) is 126 Å². The number of nitrogen functional groups attached to an aromatic ring is 1. The van der Waals surface area contributed by atoms with Crippen LogP contribution in [0.5, 0.6) is 0 Å². The summed E-state index contributed by atoms with van der Waals surface area (Å²) in [5, 5.41) is 6.02. The highest BCUT2D eigenvalue weighted by Gasteiger charge is 2.19. The fourth-order valence-electron chi connectivity index (χ4n) is 4.35. The summed E-state index contributed by atoms with van der Waals surface area (Å²) in [6.45, 7) is 4.80. The molecule has 0 saturated carbocycles. The first kappa shape index (κ1) is 27.4.